The summed E-state index contributed by atoms with van der Waals surface area (Å²) in [5.41, 5.74) is -2.04. The highest BCUT2D eigenvalue weighted by atomic mass is 32.9. The van der Waals surface area contributed by atoms with Crippen LogP contribution in [0.5, 0.6) is 0 Å². The molecule has 0 radical (unpaired) electrons. The summed E-state index contributed by atoms with van der Waals surface area (Å²) in [6.07, 6.45) is 0. The van der Waals surface area contributed by atoms with Crippen molar-refractivity contribution in [3.05, 3.63) is 0 Å². The van der Waals surface area contributed by atoms with Gasteiger partial charge in [0.15, 0.2) is 0 Å². The van der Waals surface area contributed by atoms with Crippen LogP contribution in [0.15, 0.2) is 0 Å². The monoisotopic (exact) mass is 260 g/mol. The van der Waals surface area contributed by atoms with E-state index >= 15 is 0 Å². The van der Waals surface area contributed by atoms with Crippen molar-refractivity contribution in [2.75, 3.05) is 19.3 Å². The summed E-state index contributed by atoms with van der Waals surface area (Å²) in [5.74, 6) is 0. The molecule has 0 aliphatic carbocycles. The molecule has 0 aliphatic rings. The Balaban J connectivity index is 3.82. The van der Waals surface area contributed by atoms with Crippen molar-refractivity contribution in [3.8, 4) is 0 Å². The van der Waals surface area contributed by atoms with Crippen LogP contribution < -0.4 is 0 Å². The molecule has 0 rings (SSSR count). The fourth-order valence-electron chi connectivity index (χ4n) is 0.448. The van der Waals surface area contributed by atoms with Gasteiger partial charge in [-0.25, -0.2) is 0 Å². The van der Waals surface area contributed by atoms with Gasteiger partial charge in [0.2, 0.25) is 5.69 Å². The van der Waals surface area contributed by atoms with Crippen LogP contribution in [-0.4, -0.2) is 24.1 Å². The van der Waals surface area contributed by atoms with E-state index in [9.17, 15) is 0 Å². The van der Waals surface area contributed by atoms with Crippen molar-refractivity contribution in [3.63, 3.8) is 0 Å². The van der Waals surface area contributed by atoms with Crippen LogP contribution in [0, 0.1) is 0 Å². The van der Waals surface area contributed by atoms with E-state index in [1.807, 2.05) is 11.8 Å². The van der Waals surface area contributed by atoms with E-state index in [1.54, 1.807) is 25.6 Å². The first-order chi connectivity index (χ1) is 5.83. The molecule has 0 aliphatic heterocycles. The van der Waals surface area contributed by atoms with Gasteiger partial charge in [-0.2, -0.15) is 0 Å². The molecule has 0 heterocycles. The van der Waals surface area contributed by atoms with Crippen molar-refractivity contribution in [2.24, 2.45) is 0 Å². The van der Waals surface area contributed by atoms with E-state index in [2.05, 4.69) is 20.8 Å². The molecular weight excluding hydrogens is 243 g/mol. The molecule has 2 nitrogen and oxygen atoms in total. The molecule has 0 bridgehead atoms. The van der Waals surface area contributed by atoms with Crippen molar-refractivity contribution in [1.82, 2.24) is 0 Å². The lowest BCUT2D eigenvalue weighted by Gasteiger charge is -2.20. The summed E-state index contributed by atoms with van der Waals surface area (Å²) >= 11 is 8.66. The molecule has 0 amide bonds. The van der Waals surface area contributed by atoms with Gasteiger partial charge in [-0.1, -0.05) is 32.2 Å². The Morgan fingerprint density at radius 2 is 1.69 bits per heavy atom. The third kappa shape index (κ3) is 7.23. The van der Waals surface area contributed by atoms with E-state index < -0.39 is 5.69 Å². The third-order valence-corrected chi connectivity index (χ3v) is 8.75. The van der Waals surface area contributed by atoms with E-state index in [4.69, 9.17) is 20.9 Å². The van der Waals surface area contributed by atoms with Crippen LogP contribution >= 0.6 is 28.8 Å². The first kappa shape index (κ1) is 14.3. The second kappa shape index (κ2) is 5.99. The smallest absolute Gasteiger partial charge is 0.247 e. The van der Waals surface area contributed by atoms with Crippen molar-refractivity contribution < 1.29 is 9.05 Å². The maximum Gasteiger partial charge on any atom is 0.247 e. The highest BCUT2D eigenvalue weighted by molar-refractivity contribution is 8.69. The summed E-state index contributed by atoms with van der Waals surface area (Å²) in [6, 6.07) is 0. The molecule has 0 unspecified atom stereocenters. The average Bonchev–Trinajstić information content (AvgIpc) is 2.02. The Labute approximate surface area is 94.4 Å². The average molecular weight is 260 g/mol. The quantitative estimate of drug-likeness (QED) is 0.552. The van der Waals surface area contributed by atoms with Crippen LogP contribution in [0.1, 0.15) is 20.8 Å². The van der Waals surface area contributed by atoms with Crippen LogP contribution in [0.25, 0.3) is 0 Å². The number of hydrogen-bond acceptors (Lipinski definition) is 5. The highest BCUT2D eigenvalue weighted by Gasteiger charge is 2.18. The fraction of sp³-hybridized carbons (Fsp3) is 1.00. The molecule has 0 aromatic heterocycles. The minimum absolute atomic E-state index is 0.272. The molecule has 0 N–H and O–H groups in total. The summed E-state index contributed by atoms with van der Waals surface area (Å²) in [6.45, 7) is 6.55. The van der Waals surface area contributed by atoms with Gasteiger partial charge in [0, 0.05) is 24.1 Å². The minimum atomic E-state index is -2.04. The maximum atomic E-state index is 5.21. The zero-order chi connectivity index (χ0) is 10.5. The zero-order valence-corrected chi connectivity index (χ0v) is 12.0. The minimum Gasteiger partial charge on any atom is -0.325 e. The Kier molecular flexibility index (Phi) is 6.57. The predicted octanol–water partition coefficient (Wildman–Crippen LogP) is 3.73. The summed E-state index contributed by atoms with van der Waals surface area (Å²) in [5, 5.41) is 0.919. The summed E-state index contributed by atoms with van der Waals surface area (Å²) < 4.78 is 10.6. The Morgan fingerprint density at radius 3 is 2.00 bits per heavy atom. The molecule has 13 heavy (non-hydrogen) atoms. The zero-order valence-electron chi connectivity index (χ0n) is 8.70. The van der Waals surface area contributed by atoms with Gasteiger partial charge in [0.25, 0.3) is 0 Å². The standard InChI is InChI=1S/C7H17O2PS3/c1-7(2,3)12-6-13-10(11,8-4)9-5/h6H2,1-5H3. The maximum absolute atomic E-state index is 5.21. The topological polar surface area (TPSA) is 18.5 Å². The molecular formula is C7H17O2PS3. The Hall–Kier alpha value is 1.27. The first-order valence-electron chi connectivity index (χ1n) is 3.83. The molecule has 0 aromatic rings. The molecule has 0 spiro atoms. The summed E-state index contributed by atoms with van der Waals surface area (Å²) in [7, 11) is 3.22. The molecule has 6 heteroatoms. The molecule has 0 saturated carbocycles. The van der Waals surface area contributed by atoms with E-state index in [1.165, 1.54) is 0 Å². The fourth-order valence-corrected chi connectivity index (χ4v) is 6.38. The van der Waals surface area contributed by atoms with Gasteiger partial charge in [-0.3, -0.25) is 0 Å². The van der Waals surface area contributed by atoms with Crippen LogP contribution in [0.4, 0.5) is 0 Å². The SMILES string of the molecule is COP(=S)(OC)SCSC(C)(C)C. The van der Waals surface area contributed by atoms with Crippen LogP contribution in [0.2, 0.25) is 0 Å². The molecule has 0 saturated heterocycles. The van der Waals surface area contributed by atoms with Crippen molar-refractivity contribution >= 4 is 40.6 Å². The summed E-state index contributed by atoms with van der Waals surface area (Å²) in [4.78, 5) is 0. The molecule has 0 fully saturated rings. The second-order valence-electron chi connectivity index (χ2n) is 3.32. The lowest BCUT2D eigenvalue weighted by atomic mass is 10.3. The second-order valence-corrected chi connectivity index (χ2v) is 12.0. The highest BCUT2D eigenvalue weighted by Crippen LogP contribution is 2.61. The number of hydrogen-bond donors (Lipinski definition) is 0. The van der Waals surface area contributed by atoms with Crippen molar-refractivity contribution in [1.29, 1.82) is 0 Å². The van der Waals surface area contributed by atoms with Gasteiger partial charge in [0.05, 0.1) is 0 Å². The van der Waals surface area contributed by atoms with Gasteiger partial charge in [0.1, 0.15) is 0 Å². The number of rotatable bonds is 5. The molecule has 0 atom stereocenters. The normalized spacial score (nSPS) is 13.3. The van der Waals surface area contributed by atoms with Crippen molar-refractivity contribution in [2.45, 2.75) is 25.5 Å². The Morgan fingerprint density at radius 1 is 1.23 bits per heavy atom. The Bertz CT molecular complexity index is 183. The molecule has 0 aromatic carbocycles. The predicted molar refractivity (Wildman–Crippen MR) is 68.1 cm³/mol. The van der Waals surface area contributed by atoms with E-state index in [0.717, 1.165) is 5.08 Å². The van der Waals surface area contributed by atoms with Crippen LogP contribution in [-0.2, 0) is 20.9 Å². The van der Waals surface area contributed by atoms with Gasteiger partial charge in [-0.05, 0) is 11.8 Å². The first-order valence-corrected chi connectivity index (χ1v) is 9.04. The lowest BCUT2D eigenvalue weighted by molar-refractivity contribution is 0.354. The lowest BCUT2D eigenvalue weighted by Crippen LogP contribution is -2.07. The largest absolute Gasteiger partial charge is 0.325 e. The number of thioether (sulfide) groups is 1. The van der Waals surface area contributed by atoms with E-state index in [0.29, 0.717) is 0 Å². The third-order valence-electron chi connectivity index (χ3n) is 1.15. The van der Waals surface area contributed by atoms with Crippen LogP contribution in [0.3, 0.4) is 0 Å². The molecule has 80 valence electrons. The van der Waals surface area contributed by atoms with Gasteiger partial charge < -0.3 is 9.05 Å². The van der Waals surface area contributed by atoms with E-state index in [-0.39, 0.29) is 4.75 Å². The van der Waals surface area contributed by atoms with Gasteiger partial charge in [-0.15, -0.1) is 11.8 Å². The van der Waals surface area contributed by atoms with Gasteiger partial charge >= 0.3 is 0 Å².